The highest BCUT2D eigenvalue weighted by Crippen LogP contribution is 2.13. The Kier molecular flexibility index (Phi) is 6.97. The minimum atomic E-state index is -0.00145. The topological polar surface area (TPSA) is 58.6 Å². The molecule has 1 rings (SSSR count). The highest BCUT2D eigenvalue weighted by Gasteiger charge is 2.07. The van der Waals surface area contributed by atoms with Crippen molar-refractivity contribution in [1.82, 2.24) is 5.32 Å². The third-order valence-electron chi connectivity index (χ3n) is 2.84. The molecular formula is C15H23NO3. The molecule has 1 aromatic rings. The largest absolute Gasteiger partial charge is 0.494 e. The summed E-state index contributed by atoms with van der Waals surface area (Å²) in [6, 6.07) is 7.58. The Morgan fingerprint density at radius 3 is 2.95 bits per heavy atom. The molecule has 0 heterocycles. The van der Waals surface area contributed by atoms with Crippen molar-refractivity contribution in [3.8, 4) is 5.75 Å². The number of amides is 1. The number of hydrogen-bond donors (Lipinski definition) is 2. The van der Waals surface area contributed by atoms with Crippen LogP contribution in [0.2, 0.25) is 0 Å². The number of hydrogen-bond acceptors (Lipinski definition) is 3. The molecule has 2 N–H and O–H groups in total. The van der Waals surface area contributed by atoms with Crippen molar-refractivity contribution in [2.45, 2.75) is 26.7 Å². The number of ether oxygens (including phenoxy) is 1. The van der Waals surface area contributed by atoms with Crippen molar-refractivity contribution in [1.29, 1.82) is 0 Å². The number of rotatable bonds is 8. The van der Waals surface area contributed by atoms with Crippen molar-refractivity contribution in [3.63, 3.8) is 0 Å². The quantitative estimate of drug-likeness (QED) is 0.753. The predicted octanol–water partition coefficient (Wildman–Crippen LogP) is 1.76. The van der Waals surface area contributed by atoms with Gasteiger partial charge in [-0.05, 0) is 37.0 Å². The Morgan fingerprint density at radius 2 is 2.26 bits per heavy atom. The highest BCUT2D eigenvalue weighted by molar-refractivity contribution is 5.78. The summed E-state index contributed by atoms with van der Waals surface area (Å²) in [5.41, 5.74) is 0.943. The van der Waals surface area contributed by atoms with Crippen LogP contribution in [-0.4, -0.2) is 30.8 Å². The second kappa shape index (κ2) is 8.53. The SMILES string of the molecule is CCOc1cccc(CC(=O)NCC(C)CCO)c1. The normalized spacial score (nSPS) is 11.9. The Morgan fingerprint density at radius 1 is 1.47 bits per heavy atom. The maximum absolute atomic E-state index is 11.8. The van der Waals surface area contributed by atoms with Crippen molar-refractivity contribution in [2.24, 2.45) is 5.92 Å². The summed E-state index contributed by atoms with van der Waals surface area (Å²) in [7, 11) is 0. The van der Waals surface area contributed by atoms with Crippen molar-refractivity contribution >= 4 is 5.91 Å². The van der Waals surface area contributed by atoms with Crippen LogP contribution in [0.4, 0.5) is 0 Å². The summed E-state index contributed by atoms with van der Waals surface area (Å²) in [5, 5.41) is 11.7. The molecule has 1 unspecified atom stereocenters. The zero-order valence-corrected chi connectivity index (χ0v) is 11.7. The molecule has 0 spiro atoms. The van der Waals surface area contributed by atoms with Crippen molar-refractivity contribution < 1.29 is 14.6 Å². The van der Waals surface area contributed by atoms with Crippen LogP contribution < -0.4 is 10.1 Å². The second-order valence-corrected chi connectivity index (χ2v) is 4.68. The maximum Gasteiger partial charge on any atom is 0.224 e. The van der Waals surface area contributed by atoms with Crippen LogP contribution in [0.3, 0.4) is 0 Å². The minimum absolute atomic E-state index is 0.00145. The molecule has 1 atom stereocenters. The lowest BCUT2D eigenvalue weighted by molar-refractivity contribution is -0.120. The molecule has 106 valence electrons. The first kappa shape index (κ1) is 15.5. The van der Waals surface area contributed by atoms with E-state index in [2.05, 4.69) is 5.32 Å². The summed E-state index contributed by atoms with van der Waals surface area (Å²) < 4.78 is 5.40. The molecule has 0 aromatic heterocycles. The van der Waals surface area contributed by atoms with E-state index in [4.69, 9.17) is 9.84 Å². The van der Waals surface area contributed by atoms with E-state index in [9.17, 15) is 4.79 Å². The number of aliphatic hydroxyl groups is 1. The van der Waals surface area contributed by atoms with Gasteiger partial charge < -0.3 is 15.2 Å². The molecule has 0 saturated heterocycles. The maximum atomic E-state index is 11.8. The van der Waals surface area contributed by atoms with Gasteiger partial charge in [-0.3, -0.25) is 4.79 Å². The first-order valence-electron chi connectivity index (χ1n) is 6.75. The lowest BCUT2D eigenvalue weighted by Crippen LogP contribution is -2.29. The van der Waals surface area contributed by atoms with Gasteiger partial charge in [-0.25, -0.2) is 0 Å². The third-order valence-corrected chi connectivity index (χ3v) is 2.84. The lowest BCUT2D eigenvalue weighted by atomic mass is 10.1. The molecule has 19 heavy (non-hydrogen) atoms. The van der Waals surface area contributed by atoms with Gasteiger partial charge in [0.25, 0.3) is 0 Å². The van der Waals surface area contributed by atoms with E-state index < -0.39 is 0 Å². The molecule has 0 saturated carbocycles. The monoisotopic (exact) mass is 265 g/mol. The number of carbonyl (C=O) groups excluding carboxylic acids is 1. The van der Waals surface area contributed by atoms with Gasteiger partial charge in [0, 0.05) is 13.2 Å². The predicted molar refractivity (Wildman–Crippen MR) is 75.2 cm³/mol. The van der Waals surface area contributed by atoms with Gasteiger partial charge in [-0.15, -0.1) is 0 Å². The Balaban J connectivity index is 2.41. The average Bonchev–Trinajstić information content (AvgIpc) is 2.38. The van der Waals surface area contributed by atoms with Gasteiger partial charge in [0.1, 0.15) is 5.75 Å². The van der Waals surface area contributed by atoms with Gasteiger partial charge in [0.2, 0.25) is 5.91 Å². The van der Waals surface area contributed by atoms with Crippen LogP contribution in [0.1, 0.15) is 25.8 Å². The van der Waals surface area contributed by atoms with Gasteiger partial charge in [-0.2, -0.15) is 0 Å². The van der Waals surface area contributed by atoms with Gasteiger partial charge in [-0.1, -0.05) is 19.1 Å². The summed E-state index contributed by atoms with van der Waals surface area (Å²) in [6.45, 7) is 5.32. The summed E-state index contributed by atoms with van der Waals surface area (Å²) in [5.74, 6) is 1.09. The van der Waals surface area contributed by atoms with E-state index >= 15 is 0 Å². The third kappa shape index (κ3) is 6.25. The molecular weight excluding hydrogens is 242 g/mol. The van der Waals surface area contributed by atoms with Crippen LogP contribution in [0.25, 0.3) is 0 Å². The van der Waals surface area contributed by atoms with E-state index in [1.165, 1.54) is 0 Å². The average molecular weight is 265 g/mol. The fraction of sp³-hybridized carbons (Fsp3) is 0.533. The number of aliphatic hydroxyl groups excluding tert-OH is 1. The first-order valence-corrected chi connectivity index (χ1v) is 6.75. The highest BCUT2D eigenvalue weighted by atomic mass is 16.5. The number of nitrogens with one attached hydrogen (secondary N) is 1. The number of benzene rings is 1. The molecule has 0 radical (unpaired) electrons. The Hall–Kier alpha value is -1.55. The summed E-state index contributed by atoms with van der Waals surface area (Å²) in [4.78, 5) is 11.8. The fourth-order valence-electron chi connectivity index (χ4n) is 1.77. The van der Waals surface area contributed by atoms with E-state index in [1.54, 1.807) is 0 Å². The van der Waals surface area contributed by atoms with Crippen LogP contribution in [0, 0.1) is 5.92 Å². The Bertz CT molecular complexity index is 393. The van der Waals surface area contributed by atoms with Gasteiger partial charge >= 0.3 is 0 Å². The standard InChI is InChI=1S/C15H23NO3/c1-3-19-14-6-4-5-13(9-14)10-15(18)16-11-12(2)7-8-17/h4-6,9,12,17H,3,7-8,10-11H2,1-2H3,(H,16,18). The smallest absolute Gasteiger partial charge is 0.224 e. The molecule has 0 aliphatic carbocycles. The van der Waals surface area contributed by atoms with Crippen molar-refractivity contribution in [3.05, 3.63) is 29.8 Å². The van der Waals surface area contributed by atoms with Gasteiger partial charge in [0.05, 0.1) is 13.0 Å². The van der Waals surface area contributed by atoms with E-state index in [-0.39, 0.29) is 12.5 Å². The van der Waals surface area contributed by atoms with E-state index in [1.807, 2.05) is 38.1 Å². The number of carbonyl (C=O) groups is 1. The van der Waals surface area contributed by atoms with Crippen LogP contribution in [0.15, 0.2) is 24.3 Å². The molecule has 0 bridgehead atoms. The first-order chi connectivity index (χ1) is 9.15. The second-order valence-electron chi connectivity index (χ2n) is 4.68. The molecule has 0 fully saturated rings. The van der Waals surface area contributed by atoms with Crippen LogP contribution >= 0.6 is 0 Å². The zero-order valence-electron chi connectivity index (χ0n) is 11.7. The fourth-order valence-corrected chi connectivity index (χ4v) is 1.77. The molecule has 0 aliphatic heterocycles. The molecule has 0 aliphatic rings. The molecule has 4 heteroatoms. The van der Waals surface area contributed by atoms with Crippen LogP contribution in [-0.2, 0) is 11.2 Å². The van der Waals surface area contributed by atoms with E-state index in [0.29, 0.717) is 31.9 Å². The molecule has 1 aromatic carbocycles. The van der Waals surface area contributed by atoms with E-state index in [0.717, 1.165) is 11.3 Å². The molecule has 4 nitrogen and oxygen atoms in total. The van der Waals surface area contributed by atoms with Crippen molar-refractivity contribution in [2.75, 3.05) is 19.8 Å². The minimum Gasteiger partial charge on any atom is -0.494 e. The zero-order chi connectivity index (χ0) is 14.1. The summed E-state index contributed by atoms with van der Waals surface area (Å²) >= 11 is 0. The Labute approximate surface area is 114 Å². The van der Waals surface area contributed by atoms with Gasteiger partial charge in [0.15, 0.2) is 0 Å². The lowest BCUT2D eigenvalue weighted by Gasteiger charge is -2.11. The summed E-state index contributed by atoms with van der Waals surface area (Å²) in [6.07, 6.45) is 1.06. The van der Waals surface area contributed by atoms with Crippen LogP contribution in [0.5, 0.6) is 5.75 Å². The molecule has 1 amide bonds.